The minimum absolute atomic E-state index is 0.0472. The van der Waals surface area contributed by atoms with E-state index in [1.165, 1.54) is 0 Å². The number of fused-ring (bicyclic) bond motifs is 2. The molecule has 58 heavy (non-hydrogen) atoms. The highest BCUT2D eigenvalue weighted by atomic mass is 16.5. The zero-order valence-electron chi connectivity index (χ0n) is 36.2. The molecule has 0 unspecified atom stereocenters. The number of nitrogens with zero attached hydrogens (tertiary/aromatic N) is 1. The summed E-state index contributed by atoms with van der Waals surface area (Å²) < 4.78 is 34.8. The Hall–Kier alpha value is -5.86. The van der Waals surface area contributed by atoms with E-state index >= 15 is 0 Å². The Morgan fingerprint density at radius 2 is 1.43 bits per heavy atom. The second-order valence-electron chi connectivity index (χ2n) is 14.9. The molecule has 0 aliphatic carbocycles. The van der Waals surface area contributed by atoms with E-state index in [4.69, 9.17) is 17.0 Å². The third-order valence-electron chi connectivity index (χ3n) is 10.1. The van der Waals surface area contributed by atoms with Crippen LogP contribution in [-0.4, -0.2) is 63.7 Å². The Morgan fingerprint density at radius 1 is 0.741 bits per heavy atom. The molecule has 6 aromatic rings. The number of methoxy groups -OCH3 is 2. The van der Waals surface area contributed by atoms with Crippen molar-refractivity contribution in [1.29, 1.82) is 0 Å². The number of aryl methyl sites for hydroxylation is 1. The van der Waals surface area contributed by atoms with Crippen LogP contribution in [0.4, 0.5) is 0 Å². The molecule has 0 saturated heterocycles. The normalized spacial score (nSPS) is 11.9. The molecule has 6 aromatic carbocycles. The largest absolute Gasteiger partial charge is 0.496 e. The van der Waals surface area contributed by atoms with Crippen molar-refractivity contribution in [3.63, 3.8) is 0 Å². The van der Waals surface area contributed by atoms with Crippen molar-refractivity contribution in [2.24, 2.45) is 5.92 Å². The van der Waals surface area contributed by atoms with Crippen molar-refractivity contribution in [1.82, 2.24) is 15.5 Å². The highest BCUT2D eigenvalue weighted by Gasteiger charge is 2.20. The smallest absolute Gasteiger partial charge is 0.254 e. The maximum absolute atomic E-state index is 13.8. The summed E-state index contributed by atoms with van der Waals surface area (Å²) in [5, 5.41) is 10.6. The maximum atomic E-state index is 13.8. The zero-order chi connectivity index (χ0) is 42.5. The molecule has 0 atom stereocenters. The fourth-order valence-electron chi connectivity index (χ4n) is 7.28. The monoisotopic (exact) mass is 781 g/mol. The van der Waals surface area contributed by atoms with Gasteiger partial charge in [-0.3, -0.25) is 9.59 Å². The first-order chi connectivity index (χ1) is 29.0. The average Bonchev–Trinajstić information content (AvgIpc) is 3.26. The number of benzene rings is 6. The summed E-state index contributed by atoms with van der Waals surface area (Å²) in [7, 11) is 3.26. The molecule has 8 heteroatoms. The molecule has 0 fully saturated rings. The Kier molecular flexibility index (Phi) is 14.2. The van der Waals surface area contributed by atoms with Gasteiger partial charge < -0.3 is 29.7 Å². The van der Waals surface area contributed by atoms with Gasteiger partial charge in [-0.25, -0.2) is 0 Å². The van der Waals surface area contributed by atoms with Gasteiger partial charge in [0, 0.05) is 51.6 Å². The van der Waals surface area contributed by atoms with Crippen molar-refractivity contribution in [2.75, 3.05) is 47.0 Å². The lowest BCUT2D eigenvalue weighted by molar-refractivity contribution is -0.121. The number of carbonyl (C=O) groups is 2. The van der Waals surface area contributed by atoms with Crippen LogP contribution in [0.2, 0.25) is 0 Å². The van der Waals surface area contributed by atoms with Crippen LogP contribution < -0.4 is 24.8 Å². The molecule has 6 rings (SSSR count). The summed E-state index contributed by atoms with van der Waals surface area (Å²) >= 11 is 0. The van der Waals surface area contributed by atoms with E-state index in [0.717, 1.165) is 49.5 Å². The molecule has 302 valence electrons. The van der Waals surface area contributed by atoms with Crippen LogP contribution >= 0.6 is 0 Å². The Morgan fingerprint density at radius 3 is 2.14 bits per heavy atom. The number of hydrogen-bond acceptors (Lipinski definition) is 6. The maximum Gasteiger partial charge on any atom is 0.254 e. The van der Waals surface area contributed by atoms with Gasteiger partial charge in [0.25, 0.3) is 5.91 Å². The number of nitrogens with one attached hydrogen (secondary N) is 2. The highest BCUT2D eigenvalue weighted by Crippen LogP contribution is 2.32. The van der Waals surface area contributed by atoms with E-state index in [1.54, 1.807) is 14.2 Å². The third kappa shape index (κ3) is 11.2. The zero-order valence-corrected chi connectivity index (χ0v) is 34.2. The number of ether oxygens (including phenoxy) is 3. The van der Waals surface area contributed by atoms with Gasteiger partial charge in [0.05, 0.1) is 20.8 Å². The molecule has 8 nitrogen and oxygen atoms in total. The molecule has 2 N–H and O–H groups in total. The van der Waals surface area contributed by atoms with Crippen molar-refractivity contribution in [3.8, 4) is 28.4 Å². The van der Waals surface area contributed by atoms with Gasteiger partial charge >= 0.3 is 0 Å². The average molecular weight is 782 g/mol. The predicted octanol–water partition coefficient (Wildman–Crippen LogP) is 9.86. The van der Waals surface area contributed by atoms with Crippen LogP contribution in [0.25, 0.3) is 32.7 Å². The number of para-hydroxylation sites is 1. The SMILES string of the molecule is [2H]C([2H])(CNCCCNC(=O)CCCOc1ccc(CN(CC(C)C)C(=O)c2ccc(-c3ccccc3OC)cc2)c(OC)c1)Cc1c2ccccc2cc2ccccc12. The Labute approximate surface area is 346 Å². The fraction of sp³-hybridized carbons (Fsp3) is 0.320. The first-order valence-electron chi connectivity index (χ1n) is 21.2. The van der Waals surface area contributed by atoms with E-state index < -0.39 is 6.37 Å². The standard InChI is InChI=1S/C50H57N3O5/c1-36(2)34-53(50(55)38-24-22-37(23-25-38)45-18-9-10-20-47(45)56-3)35-41-26-27-42(33-48(41)57-4)58-31-12-21-49(54)52-30-13-29-51-28-11-19-46-43-16-7-5-14-39(43)32-40-15-6-8-17-44(40)46/h5-10,14-18,20,22-27,32-33,36,51H,11-13,19,21,28-31,34-35H2,1-4H3,(H,52,54)/i11D2. The molecular weight excluding hydrogens is 723 g/mol. The molecule has 0 bridgehead atoms. The van der Waals surface area contributed by atoms with Crippen LogP contribution in [0, 0.1) is 5.92 Å². The van der Waals surface area contributed by atoms with Crippen molar-refractivity contribution in [3.05, 3.63) is 138 Å². The van der Waals surface area contributed by atoms with Gasteiger partial charge in [0.2, 0.25) is 5.91 Å². The third-order valence-corrected chi connectivity index (χ3v) is 10.1. The first kappa shape index (κ1) is 39.0. The first-order valence-corrected chi connectivity index (χ1v) is 20.2. The van der Waals surface area contributed by atoms with Crippen LogP contribution in [0.3, 0.4) is 0 Å². The van der Waals surface area contributed by atoms with E-state index in [0.29, 0.717) is 75.5 Å². The Bertz CT molecular complexity index is 2310. The molecule has 0 spiro atoms. The van der Waals surface area contributed by atoms with E-state index in [9.17, 15) is 9.59 Å². The number of carbonyl (C=O) groups excluding carboxylic acids is 2. The summed E-state index contributed by atoms with van der Waals surface area (Å²) in [5.74, 6) is 2.19. The summed E-state index contributed by atoms with van der Waals surface area (Å²) in [6.45, 7) is 6.82. The van der Waals surface area contributed by atoms with Gasteiger partial charge in [-0.1, -0.05) is 92.7 Å². The minimum Gasteiger partial charge on any atom is -0.496 e. The number of hydrogen-bond donors (Lipinski definition) is 2. The lowest BCUT2D eigenvalue weighted by Crippen LogP contribution is -2.33. The fourth-order valence-corrected chi connectivity index (χ4v) is 7.28. The minimum atomic E-state index is -1.44. The molecule has 0 aliphatic heterocycles. The van der Waals surface area contributed by atoms with Gasteiger partial charge in [0.1, 0.15) is 17.2 Å². The van der Waals surface area contributed by atoms with Crippen LogP contribution in [0.5, 0.6) is 17.2 Å². The van der Waals surface area contributed by atoms with Gasteiger partial charge in [-0.15, -0.1) is 0 Å². The summed E-state index contributed by atoms with van der Waals surface area (Å²) in [4.78, 5) is 28.2. The predicted molar refractivity (Wildman–Crippen MR) is 236 cm³/mol. The lowest BCUT2D eigenvalue weighted by atomic mass is 9.94. The highest BCUT2D eigenvalue weighted by molar-refractivity contribution is 6.02. The van der Waals surface area contributed by atoms with E-state index in [-0.39, 0.29) is 24.3 Å². The van der Waals surface area contributed by atoms with Crippen LogP contribution in [-0.2, 0) is 17.8 Å². The molecule has 0 saturated carbocycles. The van der Waals surface area contributed by atoms with Crippen molar-refractivity contribution < 1.29 is 26.5 Å². The van der Waals surface area contributed by atoms with Crippen molar-refractivity contribution >= 4 is 33.4 Å². The molecule has 2 amide bonds. The lowest BCUT2D eigenvalue weighted by Gasteiger charge is -2.26. The summed E-state index contributed by atoms with van der Waals surface area (Å²) in [6.07, 6.45) is 0.427. The topological polar surface area (TPSA) is 89.1 Å². The second-order valence-corrected chi connectivity index (χ2v) is 14.9. The molecular formula is C50H57N3O5. The molecule has 0 radical (unpaired) electrons. The quantitative estimate of drug-likeness (QED) is 0.0559. The van der Waals surface area contributed by atoms with Crippen LogP contribution in [0.1, 0.15) is 63.7 Å². The molecule has 0 aliphatic rings. The van der Waals surface area contributed by atoms with E-state index in [2.05, 4.69) is 54.8 Å². The summed E-state index contributed by atoms with van der Waals surface area (Å²) in [6, 6.07) is 39.6. The Balaban J connectivity index is 0.918. The van der Waals surface area contributed by atoms with Crippen LogP contribution in [0.15, 0.2) is 121 Å². The molecule has 0 aromatic heterocycles. The second kappa shape index (κ2) is 21.1. The van der Waals surface area contributed by atoms with Gasteiger partial charge in [-0.2, -0.15) is 0 Å². The summed E-state index contributed by atoms with van der Waals surface area (Å²) in [5.41, 5.74) is 4.45. The number of rotatable bonds is 21. The molecule has 0 heterocycles. The van der Waals surface area contributed by atoms with Gasteiger partial charge in [0.15, 0.2) is 0 Å². The number of amides is 2. The van der Waals surface area contributed by atoms with Gasteiger partial charge in [-0.05, 0) is 114 Å². The van der Waals surface area contributed by atoms with E-state index in [1.807, 2.05) is 95.9 Å². The van der Waals surface area contributed by atoms with Crippen molar-refractivity contribution in [2.45, 2.75) is 52.4 Å².